The number of fused-ring (bicyclic) bond motifs is 7. The molecule has 2 saturated heterocycles. The first-order valence-electron chi connectivity index (χ1n) is 14.5. The van der Waals surface area contributed by atoms with Crippen LogP contribution in [0.15, 0.2) is 11.6 Å². The minimum atomic E-state index is -1.04. The van der Waals surface area contributed by atoms with Crippen molar-refractivity contribution in [3.8, 4) is 0 Å². The van der Waals surface area contributed by atoms with Gasteiger partial charge in [0.2, 0.25) is 0 Å². The van der Waals surface area contributed by atoms with Crippen LogP contribution in [0.3, 0.4) is 0 Å². The Hall–Kier alpha value is -0.910. The van der Waals surface area contributed by atoms with Crippen LogP contribution in [0.1, 0.15) is 92.4 Å². The molecule has 0 aromatic carbocycles. The molecule has 1 unspecified atom stereocenters. The second-order valence-corrected chi connectivity index (χ2v) is 13.8. The van der Waals surface area contributed by atoms with Gasteiger partial charge in [-0.1, -0.05) is 39.3 Å². The maximum Gasteiger partial charge on any atom is 0.334 e. The number of rotatable bonds is 2. The fraction of sp³-hybridized carbons (Fsp3) is 0.900. The first kappa shape index (κ1) is 24.4. The monoisotopic (exact) mass is 486 g/mol. The van der Waals surface area contributed by atoms with Gasteiger partial charge in [0.25, 0.3) is 0 Å². The molecule has 5 nitrogen and oxygen atoms in total. The average Bonchev–Trinajstić information content (AvgIpc) is 3.26. The van der Waals surface area contributed by atoms with Gasteiger partial charge in [0.1, 0.15) is 12.2 Å². The molecule has 6 rings (SSSR count). The molecule has 0 aromatic heterocycles. The van der Waals surface area contributed by atoms with Gasteiger partial charge in [0, 0.05) is 18.8 Å². The van der Waals surface area contributed by atoms with Crippen molar-refractivity contribution in [2.24, 2.45) is 46.3 Å². The van der Waals surface area contributed by atoms with Crippen LogP contribution in [-0.2, 0) is 19.0 Å². The van der Waals surface area contributed by atoms with Crippen LogP contribution in [-0.4, -0.2) is 41.8 Å². The highest BCUT2D eigenvalue weighted by atomic mass is 16.7. The molecular formula is C30H46O5. The number of carbonyl (C=O) groups is 1. The van der Waals surface area contributed by atoms with E-state index in [-0.39, 0.29) is 17.3 Å². The molecule has 2 aliphatic heterocycles. The van der Waals surface area contributed by atoms with E-state index in [2.05, 4.69) is 33.8 Å². The maximum absolute atomic E-state index is 12.0. The van der Waals surface area contributed by atoms with Gasteiger partial charge in [-0.2, -0.15) is 0 Å². The van der Waals surface area contributed by atoms with E-state index in [9.17, 15) is 9.90 Å². The third kappa shape index (κ3) is 3.54. The summed E-state index contributed by atoms with van der Waals surface area (Å²) in [6.45, 7) is 12.1. The molecule has 2 heterocycles. The van der Waals surface area contributed by atoms with Gasteiger partial charge >= 0.3 is 5.97 Å². The number of allylic oxidation sites excluding steroid dienone is 1. The Morgan fingerprint density at radius 1 is 1.14 bits per heavy atom. The van der Waals surface area contributed by atoms with Crippen molar-refractivity contribution >= 4 is 5.97 Å². The molecular weight excluding hydrogens is 440 g/mol. The van der Waals surface area contributed by atoms with Gasteiger partial charge in [0.05, 0.1) is 12.7 Å². The zero-order valence-corrected chi connectivity index (χ0v) is 22.4. The van der Waals surface area contributed by atoms with E-state index in [1.54, 1.807) is 0 Å². The highest BCUT2D eigenvalue weighted by molar-refractivity contribution is 5.74. The second kappa shape index (κ2) is 8.30. The lowest BCUT2D eigenvalue weighted by atomic mass is 9.47. The topological polar surface area (TPSA) is 65.0 Å². The summed E-state index contributed by atoms with van der Waals surface area (Å²) in [5.41, 5.74) is 2.06. The van der Waals surface area contributed by atoms with Crippen molar-refractivity contribution in [1.29, 1.82) is 0 Å². The van der Waals surface area contributed by atoms with Crippen molar-refractivity contribution in [3.05, 3.63) is 11.6 Å². The summed E-state index contributed by atoms with van der Waals surface area (Å²) in [5.74, 6) is 3.06. The molecule has 1 spiro atoms. The first-order valence-corrected chi connectivity index (χ1v) is 14.5. The first-order chi connectivity index (χ1) is 16.6. The number of hydrogen-bond donors (Lipinski definition) is 1. The molecule has 0 radical (unpaired) electrons. The Balaban J connectivity index is 1.21. The molecule has 35 heavy (non-hydrogen) atoms. The number of hydrogen-bond acceptors (Lipinski definition) is 5. The van der Waals surface area contributed by atoms with Crippen LogP contribution < -0.4 is 0 Å². The Labute approximate surface area is 211 Å². The summed E-state index contributed by atoms with van der Waals surface area (Å²) in [6.07, 6.45) is 11.8. The Kier molecular flexibility index (Phi) is 5.79. The van der Waals surface area contributed by atoms with E-state index in [1.807, 2.05) is 0 Å². The quantitative estimate of drug-likeness (QED) is 0.404. The fourth-order valence-electron chi connectivity index (χ4n) is 10.0. The Morgan fingerprint density at radius 2 is 1.94 bits per heavy atom. The van der Waals surface area contributed by atoms with Crippen molar-refractivity contribution in [1.82, 2.24) is 0 Å². The predicted molar refractivity (Wildman–Crippen MR) is 133 cm³/mol. The molecule has 1 N–H and O–H groups in total. The summed E-state index contributed by atoms with van der Waals surface area (Å²) in [4.78, 5) is 12.0. The summed E-state index contributed by atoms with van der Waals surface area (Å²) in [6, 6.07) is 0. The predicted octanol–water partition coefficient (Wildman–Crippen LogP) is 5.65. The molecule has 5 heteroatoms. The number of aliphatic hydroxyl groups is 1. The van der Waals surface area contributed by atoms with Gasteiger partial charge in [-0.3, -0.25) is 0 Å². The van der Waals surface area contributed by atoms with E-state index in [0.717, 1.165) is 50.5 Å². The van der Waals surface area contributed by atoms with Crippen LogP contribution in [0, 0.1) is 46.3 Å². The molecule has 0 aromatic rings. The van der Waals surface area contributed by atoms with Crippen LogP contribution >= 0.6 is 0 Å². The van der Waals surface area contributed by atoms with Crippen LogP contribution in [0.25, 0.3) is 0 Å². The Bertz CT molecular complexity index is 887. The van der Waals surface area contributed by atoms with Gasteiger partial charge in [-0.05, 0) is 92.3 Å². The highest BCUT2D eigenvalue weighted by Crippen LogP contribution is 2.70. The lowest BCUT2D eigenvalue weighted by molar-refractivity contribution is -0.272. The van der Waals surface area contributed by atoms with Crippen molar-refractivity contribution in [3.63, 3.8) is 0 Å². The number of aliphatic hydroxyl groups excluding tert-OH is 1. The van der Waals surface area contributed by atoms with E-state index < -0.39 is 12.1 Å². The van der Waals surface area contributed by atoms with E-state index in [4.69, 9.17) is 14.2 Å². The van der Waals surface area contributed by atoms with Gasteiger partial charge < -0.3 is 19.3 Å². The van der Waals surface area contributed by atoms with Gasteiger partial charge in [0.15, 0.2) is 5.79 Å². The SMILES string of the molecule is CC(O)C(=O)O[C@H]1CC[C@@]2(C)C(=CC[C@H]3[C@@H]4C[C@@H]5O[C@@]6(CC[C@@H](C)CO6)[C@@H](C)[C@@H]5[C@@]4(C)CC[C@@H]32)C1. The largest absolute Gasteiger partial charge is 0.460 e. The lowest BCUT2D eigenvalue weighted by Gasteiger charge is -2.58. The molecule has 0 amide bonds. The summed E-state index contributed by atoms with van der Waals surface area (Å²) >= 11 is 0. The van der Waals surface area contributed by atoms with Gasteiger partial charge in [-0.25, -0.2) is 4.79 Å². The molecule has 0 bridgehead atoms. The third-order valence-corrected chi connectivity index (χ3v) is 11.9. The third-order valence-electron chi connectivity index (χ3n) is 11.9. The smallest absolute Gasteiger partial charge is 0.334 e. The van der Waals surface area contributed by atoms with E-state index in [0.29, 0.717) is 35.2 Å². The van der Waals surface area contributed by atoms with Crippen molar-refractivity contribution in [2.75, 3.05) is 6.61 Å². The highest BCUT2D eigenvalue weighted by Gasteiger charge is 2.68. The molecule has 196 valence electrons. The minimum Gasteiger partial charge on any atom is -0.460 e. The fourth-order valence-corrected chi connectivity index (χ4v) is 10.0. The second-order valence-electron chi connectivity index (χ2n) is 13.8. The van der Waals surface area contributed by atoms with Crippen molar-refractivity contribution < 1.29 is 24.1 Å². The normalized spacial score (nSPS) is 53.7. The van der Waals surface area contributed by atoms with Gasteiger partial charge in [-0.15, -0.1) is 0 Å². The standard InChI is InChI=1S/C30H46O5/c1-17-8-13-30(33-16-17)18(2)26-25(35-30)15-24-22-7-6-20-14-21(34-27(32)19(3)31)9-11-28(20,4)23(22)10-12-29(24,26)5/h6,17-19,21-26,31H,7-16H2,1-5H3/t17-,18+,19?,21+,22-,23+,24+,25+,26+,28+,29+,30+/m1/s1. The van der Waals surface area contributed by atoms with Crippen LogP contribution in [0.5, 0.6) is 0 Å². The van der Waals surface area contributed by atoms with Crippen LogP contribution in [0.2, 0.25) is 0 Å². The molecule has 6 aliphatic rings. The molecule has 12 atom stereocenters. The zero-order valence-electron chi connectivity index (χ0n) is 22.4. The summed E-state index contributed by atoms with van der Waals surface area (Å²) in [7, 11) is 0. The summed E-state index contributed by atoms with van der Waals surface area (Å²) < 4.78 is 19.0. The number of ether oxygens (including phenoxy) is 3. The molecule has 5 fully saturated rings. The minimum absolute atomic E-state index is 0.0867. The molecule has 4 aliphatic carbocycles. The summed E-state index contributed by atoms with van der Waals surface area (Å²) in [5, 5.41) is 9.57. The number of esters is 1. The number of carbonyl (C=O) groups excluding carboxylic acids is 1. The van der Waals surface area contributed by atoms with Crippen LogP contribution in [0.4, 0.5) is 0 Å². The lowest BCUT2D eigenvalue weighted by Crippen LogP contribution is -2.52. The van der Waals surface area contributed by atoms with E-state index in [1.165, 1.54) is 38.2 Å². The Morgan fingerprint density at radius 3 is 2.66 bits per heavy atom. The molecule has 3 saturated carbocycles. The maximum atomic E-state index is 12.0. The van der Waals surface area contributed by atoms with E-state index >= 15 is 0 Å². The zero-order chi connectivity index (χ0) is 24.8. The average molecular weight is 487 g/mol. The van der Waals surface area contributed by atoms with Crippen molar-refractivity contribution in [2.45, 2.75) is 117 Å².